The van der Waals surface area contributed by atoms with Gasteiger partial charge < -0.3 is 9.47 Å². The van der Waals surface area contributed by atoms with E-state index < -0.39 is 0 Å². The number of fused-ring (bicyclic) bond motifs is 1. The lowest BCUT2D eigenvalue weighted by atomic mass is 10.0. The number of aryl methyl sites for hydroxylation is 2. The van der Waals surface area contributed by atoms with Gasteiger partial charge in [-0.25, -0.2) is 9.97 Å². The van der Waals surface area contributed by atoms with Crippen molar-refractivity contribution >= 4 is 28.2 Å². The van der Waals surface area contributed by atoms with E-state index in [-0.39, 0.29) is 11.7 Å². The van der Waals surface area contributed by atoms with Crippen molar-refractivity contribution in [1.29, 1.82) is 0 Å². The van der Waals surface area contributed by atoms with Crippen LogP contribution in [-0.4, -0.2) is 44.3 Å². The fraction of sp³-hybridized carbons (Fsp3) is 0.360. The van der Waals surface area contributed by atoms with Crippen molar-refractivity contribution in [3.8, 4) is 0 Å². The SMILES string of the molecule is Cc1cc(Cc2ncc(C(C)CC(=O)c3cc4c(cn3)ncn4C)s2)cc(CN(C)C)c1. The lowest BCUT2D eigenvalue weighted by Gasteiger charge is -2.12. The van der Waals surface area contributed by atoms with Gasteiger partial charge in [-0.05, 0) is 44.1 Å². The molecule has 0 N–H and O–H groups in total. The third-order valence-corrected chi connectivity index (χ3v) is 6.73. The zero-order valence-corrected chi connectivity index (χ0v) is 20.1. The van der Waals surface area contributed by atoms with E-state index in [1.54, 1.807) is 23.9 Å². The summed E-state index contributed by atoms with van der Waals surface area (Å²) in [4.78, 5) is 29.4. The normalized spacial score (nSPS) is 12.6. The van der Waals surface area contributed by atoms with Crippen molar-refractivity contribution < 1.29 is 4.79 Å². The molecular formula is C25H29N5OS. The highest BCUT2D eigenvalue weighted by Gasteiger charge is 2.18. The van der Waals surface area contributed by atoms with Crippen LogP contribution in [0.3, 0.4) is 0 Å². The van der Waals surface area contributed by atoms with Crippen LogP contribution in [-0.2, 0) is 20.0 Å². The molecule has 0 saturated heterocycles. The first-order valence-electron chi connectivity index (χ1n) is 10.8. The predicted molar refractivity (Wildman–Crippen MR) is 129 cm³/mol. The van der Waals surface area contributed by atoms with Crippen LogP contribution in [0.2, 0.25) is 0 Å². The van der Waals surface area contributed by atoms with E-state index in [1.165, 1.54) is 16.7 Å². The molecule has 0 aliphatic rings. The summed E-state index contributed by atoms with van der Waals surface area (Å²) >= 11 is 1.70. The van der Waals surface area contributed by atoms with E-state index in [0.29, 0.717) is 12.1 Å². The Morgan fingerprint density at radius 1 is 1.09 bits per heavy atom. The highest BCUT2D eigenvalue weighted by molar-refractivity contribution is 7.11. The number of hydrogen-bond donors (Lipinski definition) is 0. The van der Waals surface area contributed by atoms with Crippen molar-refractivity contribution in [2.24, 2.45) is 7.05 Å². The van der Waals surface area contributed by atoms with Gasteiger partial charge in [-0.15, -0.1) is 11.3 Å². The van der Waals surface area contributed by atoms with Crippen LogP contribution >= 0.6 is 11.3 Å². The molecule has 0 fully saturated rings. The van der Waals surface area contributed by atoms with Gasteiger partial charge in [-0.3, -0.25) is 9.78 Å². The fourth-order valence-electron chi connectivity index (χ4n) is 3.98. The van der Waals surface area contributed by atoms with Crippen molar-refractivity contribution in [2.45, 2.75) is 39.2 Å². The molecule has 0 bridgehead atoms. The van der Waals surface area contributed by atoms with E-state index in [4.69, 9.17) is 0 Å². The Bertz CT molecular complexity index is 1260. The molecule has 0 amide bonds. The molecule has 0 aliphatic carbocycles. The number of aromatic nitrogens is 4. The number of rotatable bonds is 8. The Labute approximate surface area is 193 Å². The summed E-state index contributed by atoms with van der Waals surface area (Å²) in [7, 11) is 6.09. The molecule has 0 saturated carbocycles. The predicted octanol–water partition coefficient (Wildman–Crippen LogP) is 4.76. The molecule has 1 aromatic carbocycles. The van der Waals surface area contributed by atoms with Crippen molar-refractivity contribution in [1.82, 2.24) is 24.4 Å². The standard InChI is InChI=1S/C25H29N5OS/c1-16-6-18(9-19(7-16)14-29(3)4)10-25-27-13-24(32-25)17(2)8-23(31)20-11-22-21(12-26-20)28-15-30(22)5/h6-7,9,11-13,15,17H,8,10,14H2,1-5H3. The molecule has 6 nitrogen and oxygen atoms in total. The Morgan fingerprint density at radius 3 is 2.66 bits per heavy atom. The van der Waals surface area contributed by atoms with Crippen molar-refractivity contribution in [3.63, 3.8) is 0 Å². The number of Topliss-reactive ketones (excluding diaryl/α,β-unsaturated/α-hetero) is 1. The molecule has 32 heavy (non-hydrogen) atoms. The van der Waals surface area contributed by atoms with Crippen LogP contribution in [0.1, 0.15) is 56.3 Å². The molecule has 1 atom stereocenters. The van der Waals surface area contributed by atoms with Gasteiger partial charge in [-0.2, -0.15) is 0 Å². The third-order valence-electron chi connectivity index (χ3n) is 5.50. The van der Waals surface area contributed by atoms with Gasteiger partial charge in [0.25, 0.3) is 0 Å². The van der Waals surface area contributed by atoms with Crippen LogP contribution < -0.4 is 0 Å². The summed E-state index contributed by atoms with van der Waals surface area (Å²) in [5.74, 6) is 0.141. The number of carbonyl (C=O) groups is 1. The van der Waals surface area contributed by atoms with Gasteiger partial charge >= 0.3 is 0 Å². The second kappa shape index (κ2) is 9.30. The Morgan fingerprint density at radius 2 is 1.88 bits per heavy atom. The summed E-state index contributed by atoms with van der Waals surface area (Å²) in [5.41, 5.74) is 6.08. The lowest BCUT2D eigenvalue weighted by Crippen LogP contribution is -2.11. The number of nitrogens with zero attached hydrogens (tertiary/aromatic N) is 5. The third kappa shape index (κ3) is 5.11. The molecule has 3 aromatic heterocycles. The summed E-state index contributed by atoms with van der Waals surface area (Å²) in [6, 6.07) is 8.56. The maximum absolute atomic E-state index is 12.9. The minimum Gasteiger partial charge on any atom is -0.334 e. The Kier molecular flexibility index (Phi) is 6.48. The van der Waals surface area contributed by atoms with Crippen LogP contribution in [0, 0.1) is 6.92 Å². The van der Waals surface area contributed by atoms with E-state index in [9.17, 15) is 4.79 Å². The molecular weight excluding hydrogens is 418 g/mol. The number of benzene rings is 1. The quantitative estimate of drug-likeness (QED) is 0.364. The average molecular weight is 448 g/mol. The molecule has 1 unspecified atom stereocenters. The molecule has 3 heterocycles. The van der Waals surface area contributed by atoms with E-state index in [2.05, 4.69) is 66.0 Å². The molecule has 0 aliphatic heterocycles. The van der Waals surface area contributed by atoms with Gasteiger partial charge in [0.1, 0.15) is 11.2 Å². The number of thiazole rings is 1. The summed E-state index contributed by atoms with van der Waals surface area (Å²) in [5, 5.41) is 1.08. The minimum atomic E-state index is 0.0440. The van der Waals surface area contributed by atoms with Gasteiger partial charge in [0.15, 0.2) is 5.78 Å². The molecule has 0 radical (unpaired) electrons. The number of hydrogen-bond acceptors (Lipinski definition) is 6. The molecule has 7 heteroatoms. The van der Waals surface area contributed by atoms with E-state index in [1.807, 2.05) is 23.9 Å². The molecule has 4 rings (SSSR count). The highest BCUT2D eigenvalue weighted by Crippen LogP contribution is 2.28. The van der Waals surface area contributed by atoms with Gasteiger partial charge in [0.2, 0.25) is 0 Å². The Balaban J connectivity index is 1.44. The zero-order chi connectivity index (χ0) is 22.8. The first-order chi connectivity index (χ1) is 15.3. The number of imidazole rings is 1. The number of pyridine rings is 1. The maximum Gasteiger partial charge on any atom is 0.181 e. The van der Waals surface area contributed by atoms with Crippen LogP contribution in [0.5, 0.6) is 0 Å². The van der Waals surface area contributed by atoms with Crippen LogP contribution in [0.25, 0.3) is 11.0 Å². The average Bonchev–Trinajstić information content (AvgIpc) is 3.33. The number of carbonyl (C=O) groups excluding carboxylic acids is 1. The molecule has 4 aromatic rings. The number of ketones is 1. The van der Waals surface area contributed by atoms with Crippen molar-refractivity contribution in [3.05, 3.63) is 75.3 Å². The smallest absolute Gasteiger partial charge is 0.181 e. The van der Waals surface area contributed by atoms with Crippen LogP contribution in [0.4, 0.5) is 0 Å². The largest absolute Gasteiger partial charge is 0.334 e. The van der Waals surface area contributed by atoms with Crippen LogP contribution in [0.15, 0.2) is 43.0 Å². The van der Waals surface area contributed by atoms with E-state index >= 15 is 0 Å². The highest BCUT2D eigenvalue weighted by atomic mass is 32.1. The first kappa shape index (κ1) is 22.3. The van der Waals surface area contributed by atoms with Gasteiger partial charge in [-0.1, -0.05) is 30.7 Å². The summed E-state index contributed by atoms with van der Waals surface area (Å²) in [6.07, 6.45) is 6.55. The second-order valence-corrected chi connectivity index (χ2v) is 9.99. The second-order valence-electron chi connectivity index (χ2n) is 8.84. The maximum atomic E-state index is 12.9. The monoisotopic (exact) mass is 447 g/mol. The van der Waals surface area contributed by atoms with Crippen molar-refractivity contribution in [2.75, 3.05) is 14.1 Å². The Hall–Kier alpha value is -2.90. The summed E-state index contributed by atoms with van der Waals surface area (Å²) in [6.45, 7) is 5.15. The zero-order valence-electron chi connectivity index (χ0n) is 19.3. The van der Waals surface area contributed by atoms with E-state index in [0.717, 1.165) is 33.9 Å². The summed E-state index contributed by atoms with van der Waals surface area (Å²) < 4.78 is 1.90. The topological polar surface area (TPSA) is 63.9 Å². The van der Waals surface area contributed by atoms with Gasteiger partial charge in [0.05, 0.1) is 23.0 Å². The fourth-order valence-corrected chi connectivity index (χ4v) is 4.99. The first-order valence-corrected chi connectivity index (χ1v) is 11.6. The minimum absolute atomic E-state index is 0.0440. The molecule has 166 valence electrons. The lowest BCUT2D eigenvalue weighted by molar-refractivity contribution is 0.0971. The van der Waals surface area contributed by atoms with Gasteiger partial charge in [0, 0.05) is 37.5 Å². The molecule has 0 spiro atoms.